The van der Waals surface area contributed by atoms with Gasteiger partial charge in [0.1, 0.15) is 47.6 Å². The number of nitrogens with zero attached hydrogens (tertiary/aromatic N) is 5. The SMILES string of the molecule is CC(C)c1ccccc1C1CCCN1C1CC2(CCN(c3ccc(C(=O)NS(=O)(=O)c4cc(N=O)c5c(c4)OC[C@H](C4CCC(C)(O)CC4)N5)c(Oc4cc5c(F)c[nH]c5nc4OCCN4CCOCC4)c3)CC2)C1. The van der Waals surface area contributed by atoms with Gasteiger partial charge in [-0.15, -0.1) is 4.91 Å². The molecule has 2 aromatic heterocycles. The van der Waals surface area contributed by atoms with E-state index in [1.165, 1.54) is 48.4 Å². The number of carbonyl (C=O) groups excluding carboxylic acids is 1. The maximum absolute atomic E-state index is 15.2. The van der Waals surface area contributed by atoms with Crippen LogP contribution in [-0.2, 0) is 14.8 Å². The number of aliphatic hydroxyl groups is 1. The number of benzene rings is 3. The van der Waals surface area contributed by atoms with Gasteiger partial charge in [-0.1, -0.05) is 38.1 Å². The van der Waals surface area contributed by atoms with Crippen LogP contribution in [0.2, 0.25) is 0 Å². The molecule has 6 heterocycles. The summed E-state index contributed by atoms with van der Waals surface area (Å²) in [4.78, 5) is 41.0. The number of aromatic nitrogens is 2. The molecule has 11 rings (SSSR count). The average molecular weight is 1050 g/mol. The van der Waals surface area contributed by atoms with Crippen molar-refractivity contribution in [2.75, 3.05) is 75.9 Å². The topological polar surface area (TPSA) is 200 Å². The highest BCUT2D eigenvalue weighted by Gasteiger charge is 2.50. The van der Waals surface area contributed by atoms with Crippen LogP contribution in [-0.4, -0.2) is 123 Å². The number of halogens is 1. The molecule has 19 heteroatoms. The fourth-order valence-electron chi connectivity index (χ4n) is 12.7. The Kier molecular flexibility index (Phi) is 14.3. The molecule has 4 aliphatic heterocycles. The van der Waals surface area contributed by atoms with Gasteiger partial charge in [-0.25, -0.2) is 17.5 Å². The number of hydrogen-bond acceptors (Lipinski definition) is 15. The first kappa shape index (κ1) is 51.3. The fraction of sp³-hybridized carbons (Fsp3) is 0.536. The van der Waals surface area contributed by atoms with Crippen LogP contribution in [0.4, 0.5) is 21.5 Å². The number of nitroso groups, excluding NO2 is 1. The monoisotopic (exact) mass is 1050 g/mol. The zero-order valence-electron chi connectivity index (χ0n) is 43.1. The van der Waals surface area contributed by atoms with Crippen molar-refractivity contribution in [1.82, 2.24) is 24.5 Å². The van der Waals surface area contributed by atoms with Crippen molar-refractivity contribution in [3.8, 4) is 23.1 Å². The first-order valence-electron chi connectivity index (χ1n) is 26.9. The molecule has 75 heavy (non-hydrogen) atoms. The Bertz CT molecular complexity index is 3030. The van der Waals surface area contributed by atoms with Crippen LogP contribution >= 0.6 is 0 Å². The highest BCUT2D eigenvalue weighted by Crippen LogP contribution is 2.55. The normalized spacial score (nSPS) is 24.3. The first-order chi connectivity index (χ1) is 36.1. The van der Waals surface area contributed by atoms with Crippen molar-refractivity contribution in [2.45, 2.75) is 120 Å². The quantitative estimate of drug-likeness (QED) is 0.0723. The largest absolute Gasteiger partial charge is 0.489 e. The molecular formula is C56H69FN8O9S. The minimum Gasteiger partial charge on any atom is -0.489 e. The molecule has 5 fully saturated rings. The summed E-state index contributed by atoms with van der Waals surface area (Å²) in [6.07, 6.45) is 10.7. The van der Waals surface area contributed by atoms with Crippen LogP contribution in [0.1, 0.15) is 118 Å². The minimum absolute atomic E-state index is 0.00422. The number of morpholine rings is 1. The Balaban J connectivity index is 0.841. The molecule has 2 atom stereocenters. The minimum atomic E-state index is -4.65. The zero-order valence-corrected chi connectivity index (χ0v) is 43.9. The number of carbonyl (C=O) groups is 1. The number of H-pyrrole nitrogens is 1. The molecule has 6 aliphatic rings. The number of anilines is 2. The Morgan fingerprint density at radius 1 is 0.987 bits per heavy atom. The van der Waals surface area contributed by atoms with Crippen LogP contribution in [0.15, 0.2) is 76.9 Å². The van der Waals surface area contributed by atoms with E-state index in [-0.39, 0.29) is 81.7 Å². The van der Waals surface area contributed by atoms with Gasteiger partial charge >= 0.3 is 0 Å². The van der Waals surface area contributed by atoms with Crippen molar-refractivity contribution in [1.29, 1.82) is 0 Å². The molecule has 17 nitrogen and oxygen atoms in total. The lowest BCUT2D eigenvalue weighted by Crippen LogP contribution is -2.54. The van der Waals surface area contributed by atoms with E-state index in [1.54, 1.807) is 12.1 Å². The third-order valence-electron chi connectivity index (χ3n) is 17.1. The van der Waals surface area contributed by atoms with Gasteiger partial charge in [0.25, 0.3) is 21.8 Å². The summed E-state index contributed by atoms with van der Waals surface area (Å²) in [7, 11) is -4.65. The van der Waals surface area contributed by atoms with E-state index in [1.807, 2.05) is 6.92 Å². The second-order valence-corrected chi connectivity index (χ2v) is 24.1. The summed E-state index contributed by atoms with van der Waals surface area (Å²) in [5, 5.41) is 17.2. The molecule has 0 bridgehead atoms. The highest BCUT2D eigenvalue weighted by atomic mass is 32.2. The van der Waals surface area contributed by atoms with Crippen molar-refractivity contribution in [3.63, 3.8) is 0 Å². The predicted molar refractivity (Wildman–Crippen MR) is 283 cm³/mol. The van der Waals surface area contributed by atoms with E-state index in [2.05, 4.69) is 78.0 Å². The molecule has 2 saturated carbocycles. The number of fused-ring (bicyclic) bond motifs is 2. The number of piperidine rings is 1. The van der Waals surface area contributed by atoms with E-state index in [4.69, 9.17) is 18.9 Å². The number of hydrogen-bond donors (Lipinski definition) is 4. The summed E-state index contributed by atoms with van der Waals surface area (Å²) >= 11 is 0. The zero-order chi connectivity index (χ0) is 52.1. The van der Waals surface area contributed by atoms with E-state index in [0.717, 1.165) is 83.0 Å². The first-order valence-corrected chi connectivity index (χ1v) is 28.4. The van der Waals surface area contributed by atoms with E-state index >= 15 is 4.39 Å². The summed E-state index contributed by atoms with van der Waals surface area (Å²) in [5.41, 5.74) is 3.42. The standard InChI is InChI=1S/C56H69FN8O9S/c1-35(2)40-7-4-5-8-41(40)47-9-6-18-65(47)38-31-56(32-38)16-19-64(20-17-56)37-10-11-42(48(27-37)74-50-30-43-44(57)33-58-52(43)60-54(50)72-26-23-63-21-24-71-25-22-63)53(66)62-75(69,70)39-28-45(61-68)51-49(29-39)73-34-46(59-51)36-12-14-55(3,67)15-13-36/h4-5,7-8,10-11,27-30,33,35-36,38,46-47,59,67H,6,9,12-26,31-32,34H2,1-3H3,(H,58,60)(H,62,66)/t36?,46-,47?,55?/m1/s1. The summed E-state index contributed by atoms with van der Waals surface area (Å²) in [5.74, 6) is -0.729. The second kappa shape index (κ2) is 20.9. The van der Waals surface area contributed by atoms with Crippen molar-refractivity contribution < 1.29 is 41.7 Å². The van der Waals surface area contributed by atoms with Crippen molar-refractivity contribution in [3.05, 3.63) is 94.3 Å². The number of likely N-dealkylation sites (tertiary alicyclic amines) is 1. The van der Waals surface area contributed by atoms with Crippen LogP contribution in [0, 0.1) is 22.1 Å². The lowest BCUT2D eigenvalue weighted by molar-refractivity contribution is -0.0227. The maximum Gasteiger partial charge on any atom is 0.268 e. The number of pyridine rings is 1. The predicted octanol–water partition coefficient (Wildman–Crippen LogP) is 9.55. The third kappa shape index (κ3) is 10.7. The Morgan fingerprint density at radius 2 is 1.76 bits per heavy atom. The molecule has 400 valence electrons. The highest BCUT2D eigenvalue weighted by molar-refractivity contribution is 7.90. The molecule has 4 N–H and O–H groups in total. The maximum atomic E-state index is 15.2. The summed E-state index contributed by atoms with van der Waals surface area (Å²) in [6, 6.07) is 18.7. The lowest BCUT2D eigenvalue weighted by atomic mass is 9.59. The Labute approximate surface area is 437 Å². The molecule has 1 amide bonds. The van der Waals surface area contributed by atoms with Gasteiger partial charge in [0.2, 0.25) is 0 Å². The van der Waals surface area contributed by atoms with Gasteiger partial charge in [0.05, 0.1) is 40.7 Å². The van der Waals surface area contributed by atoms with Crippen molar-refractivity contribution in [2.24, 2.45) is 16.5 Å². The molecule has 5 aromatic rings. The number of ether oxygens (including phenoxy) is 4. The van der Waals surface area contributed by atoms with E-state index in [9.17, 15) is 23.2 Å². The molecular weight excluding hydrogens is 980 g/mol. The molecule has 0 radical (unpaired) electrons. The smallest absolute Gasteiger partial charge is 0.268 e. The Hall–Kier alpha value is -5.86. The van der Waals surface area contributed by atoms with Gasteiger partial charge in [-0.3, -0.25) is 14.6 Å². The van der Waals surface area contributed by atoms with Crippen LogP contribution < -0.4 is 29.1 Å². The summed E-state index contributed by atoms with van der Waals surface area (Å²) < 4.78 is 70.2. The molecule has 2 aliphatic carbocycles. The van der Waals surface area contributed by atoms with Gasteiger partial charge in [-0.05, 0) is 129 Å². The number of sulfonamides is 1. The van der Waals surface area contributed by atoms with Gasteiger partial charge in [-0.2, -0.15) is 4.98 Å². The van der Waals surface area contributed by atoms with Crippen LogP contribution in [0.5, 0.6) is 23.1 Å². The van der Waals surface area contributed by atoms with Gasteiger partial charge < -0.3 is 39.3 Å². The molecule has 1 unspecified atom stereocenters. The lowest BCUT2D eigenvalue weighted by Gasteiger charge is -2.56. The molecule has 1 spiro atoms. The van der Waals surface area contributed by atoms with E-state index < -0.39 is 32.2 Å². The van der Waals surface area contributed by atoms with Crippen molar-refractivity contribution >= 4 is 44.0 Å². The number of rotatable bonds is 15. The summed E-state index contributed by atoms with van der Waals surface area (Å²) in [6.45, 7) is 12.8. The second-order valence-electron chi connectivity index (χ2n) is 22.4. The van der Waals surface area contributed by atoms with Crippen LogP contribution in [0.3, 0.4) is 0 Å². The van der Waals surface area contributed by atoms with Gasteiger partial charge in [0.15, 0.2) is 5.75 Å². The average Bonchev–Trinajstić information content (AvgIpc) is 4.04. The molecule has 3 aromatic carbocycles. The third-order valence-corrected chi connectivity index (χ3v) is 18.4. The van der Waals surface area contributed by atoms with Crippen LogP contribution in [0.25, 0.3) is 11.0 Å². The Morgan fingerprint density at radius 3 is 2.52 bits per heavy atom. The van der Waals surface area contributed by atoms with E-state index in [0.29, 0.717) is 50.6 Å². The number of amides is 1. The number of nitrogens with one attached hydrogen (secondary N) is 3. The number of aromatic amines is 1. The molecule has 3 saturated heterocycles. The van der Waals surface area contributed by atoms with Gasteiger partial charge in [0, 0.05) is 74.9 Å². The fourth-order valence-corrected chi connectivity index (χ4v) is 13.7.